The zero-order valence-corrected chi connectivity index (χ0v) is 12.0. The van der Waals surface area contributed by atoms with Crippen molar-refractivity contribution in [1.82, 2.24) is 4.90 Å². The van der Waals surface area contributed by atoms with Gasteiger partial charge in [0.05, 0.1) is 12.5 Å². The molecule has 0 aromatic heterocycles. The fraction of sp³-hybridized carbons (Fsp3) is 0.562. The third-order valence-electron chi connectivity index (χ3n) is 3.95. The van der Waals surface area contributed by atoms with Crippen molar-refractivity contribution in [2.24, 2.45) is 0 Å². The van der Waals surface area contributed by atoms with Gasteiger partial charge in [-0.2, -0.15) is 0 Å². The number of likely N-dealkylation sites (N-methyl/N-ethyl adjacent to an activating group) is 1. The number of hydrogen-bond donors (Lipinski definition) is 2. The maximum absolute atomic E-state index is 10.5. The van der Waals surface area contributed by atoms with Crippen molar-refractivity contribution in [3.05, 3.63) is 34.9 Å². The number of aliphatic carboxylic acids is 1. The minimum absolute atomic E-state index is 0.105. The smallest absolute Gasteiger partial charge is 0.304 e. The van der Waals surface area contributed by atoms with Crippen LogP contribution < -0.4 is 0 Å². The van der Waals surface area contributed by atoms with Gasteiger partial charge in [0.2, 0.25) is 0 Å². The van der Waals surface area contributed by atoms with E-state index in [0.717, 1.165) is 18.4 Å². The fourth-order valence-electron chi connectivity index (χ4n) is 2.74. The Hall–Kier alpha value is -1.39. The Labute approximate surface area is 120 Å². The highest BCUT2D eigenvalue weighted by Crippen LogP contribution is 2.25. The topological polar surface area (TPSA) is 60.8 Å². The molecule has 4 heteroatoms. The van der Waals surface area contributed by atoms with Crippen molar-refractivity contribution >= 4 is 5.97 Å². The van der Waals surface area contributed by atoms with Gasteiger partial charge in [0.25, 0.3) is 0 Å². The highest BCUT2D eigenvalue weighted by Gasteiger charge is 2.15. The molecule has 1 aromatic rings. The van der Waals surface area contributed by atoms with E-state index < -0.39 is 12.1 Å². The first-order chi connectivity index (χ1) is 9.56. The van der Waals surface area contributed by atoms with Crippen molar-refractivity contribution < 1.29 is 15.0 Å². The highest BCUT2D eigenvalue weighted by molar-refractivity contribution is 5.66. The van der Waals surface area contributed by atoms with Crippen LogP contribution in [-0.4, -0.2) is 41.2 Å². The lowest BCUT2D eigenvalue weighted by Gasteiger charge is -2.22. The quantitative estimate of drug-likeness (QED) is 0.835. The van der Waals surface area contributed by atoms with Gasteiger partial charge in [0.1, 0.15) is 0 Å². The van der Waals surface area contributed by atoms with Crippen LogP contribution in [0.25, 0.3) is 0 Å². The number of fused-ring (bicyclic) bond motifs is 1. The molecule has 1 aliphatic rings. The minimum atomic E-state index is -0.805. The maximum atomic E-state index is 10.5. The fourth-order valence-corrected chi connectivity index (χ4v) is 2.74. The van der Waals surface area contributed by atoms with Gasteiger partial charge >= 0.3 is 5.97 Å². The van der Waals surface area contributed by atoms with E-state index in [2.05, 4.69) is 12.1 Å². The van der Waals surface area contributed by atoms with Crippen molar-refractivity contribution in [3.8, 4) is 0 Å². The summed E-state index contributed by atoms with van der Waals surface area (Å²) >= 11 is 0. The van der Waals surface area contributed by atoms with Gasteiger partial charge in [-0.05, 0) is 49.4 Å². The van der Waals surface area contributed by atoms with Crippen LogP contribution in [0, 0.1) is 0 Å². The normalized spacial score (nSPS) is 15.9. The van der Waals surface area contributed by atoms with Crippen LogP contribution in [0.4, 0.5) is 0 Å². The molecule has 0 heterocycles. The Balaban J connectivity index is 1.95. The Kier molecular flexibility index (Phi) is 5.15. The molecule has 4 nitrogen and oxygen atoms in total. The molecule has 20 heavy (non-hydrogen) atoms. The molecule has 2 rings (SSSR count). The zero-order chi connectivity index (χ0) is 14.5. The average molecular weight is 277 g/mol. The summed E-state index contributed by atoms with van der Waals surface area (Å²) in [5.74, 6) is -0.805. The van der Waals surface area contributed by atoms with E-state index in [1.807, 2.05) is 18.0 Å². The van der Waals surface area contributed by atoms with Crippen molar-refractivity contribution in [2.75, 3.05) is 20.1 Å². The van der Waals surface area contributed by atoms with Crippen LogP contribution in [0.5, 0.6) is 0 Å². The molecule has 0 spiro atoms. The van der Waals surface area contributed by atoms with Gasteiger partial charge in [0.15, 0.2) is 0 Å². The van der Waals surface area contributed by atoms with Crippen LogP contribution in [-0.2, 0) is 17.6 Å². The Morgan fingerprint density at radius 1 is 1.30 bits per heavy atom. The lowest BCUT2D eigenvalue weighted by Crippen LogP contribution is -2.27. The number of carboxylic acid groups (broad SMARTS) is 1. The molecular weight excluding hydrogens is 254 g/mol. The summed E-state index contributed by atoms with van der Waals surface area (Å²) in [6.45, 7) is 0.920. The molecule has 110 valence electrons. The lowest BCUT2D eigenvalue weighted by atomic mass is 9.89. The van der Waals surface area contributed by atoms with Crippen molar-refractivity contribution in [1.29, 1.82) is 0 Å². The Morgan fingerprint density at radius 3 is 2.70 bits per heavy atom. The van der Waals surface area contributed by atoms with Gasteiger partial charge in [-0.15, -0.1) is 0 Å². The number of carbonyl (C=O) groups is 1. The summed E-state index contributed by atoms with van der Waals surface area (Å²) in [5, 5.41) is 18.9. The van der Waals surface area contributed by atoms with Crippen molar-refractivity contribution in [2.45, 2.75) is 38.2 Å². The first-order valence-corrected chi connectivity index (χ1v) is 7.26. The molecule has 2 N–H and O–H groups in total. The molecule has 1 unspecified atom stereocenters. The molecule has 0 amide bonds. The number of hydrogen-bond acceptors (Lipinski definition) is 3. The molecule has 0 saturated carbocycles. The van der Waals surface area contributed by atoms with Crippen LogP contribution in [0.15, 0.2) is 18.2 Å². The van der Waals surface area contributed by atoms with E-state index in [-0.39, 0.29) is 6.42 Å². The third kappa shape index (κ3) is 4.05. The zero-order valence-electron chi connectivity index (χ0n) is 12.0. The van der Waals surface area contributed by atoms with Crippen LogP contribution in [0.3, 0.4) is 0 Å². The van der Waals surface area contributed by atoms with Gasteiger partial charge in [-0.3, -0.25) is 4.79 Å². The Morgan fingerprint density at radius 2 is 2.00 bits per heavy atom. The van der Waals surface area contributed by atoms with Crippen LogP contribution in [0.1, 0.15) is 42.1 Å². The summed E-state index contributed by atoms with van der Waals surface area (Å²) in [4.78, 5) is 12.4. The second-order valence-corrected chi connectivity index (χ2v) is 5.66. The predicted molar refractivity (Wildman–Crippen MR) is 77.8 cm³/mol. The monoisotopic (exact) mass is 277 g/mol. The maximum Gasteiger partial charge on any atom is 0.304 e. The van der Waals surface area contributed by atoms with E-state index in [1.54, 1.807) is 0 Å². The molecule has 0 fully saturated rings. The van der Waals surface area contributed by atoms with E-state index in [1.165, 1.54) is 24.0 Å². The summed E-state index contributed by atoms with van der Waals surface area (Å²) < 4.78 is 0. The highest BCUT2D eigenvalue weighted by atomic mass is 16.4. The standard InChI is InChI=1S/C16H23NO3/c1-17(9-8-16(19)20)11-15(18)14-7-6-12-4-2-3-5-13(12)10-14/h6-7,10,15,18H,2-5,8-9,11H2,1H3,(H,19,20). The Bertz CT molecular complexity index is 473. The van der Waals surface area contributed by atoms with E-state index in [4.69, 9.17) is 5.11 Å². The lowest BCUT2D eigenvalue weighted by molar-refractivity contribution is -0.137. The molecule has 0 bridgehead atoms. The number of aliphatic hydroxyl groups excluding tert-OH is 1. The van der Waals surface area contributed by atoms with E-state index >= 15 is 0 Å². The molecular formula is C16H23NO3. The summed E-state index contributed by atoms with van der Waals surface area (Å²) in [7, 11) is 1.84. The van der Waals surface area contributed by atoms with Gasteiger partial charge in [-0.25, -0.2) is 0 Å². The summed E-state index contributed by atoms with van der Waals surface area (Å²) in [5.41, 5.74) is 3.71. The molecule has 0 saturated heterocycles. The van der Waals surface area contributed by atoms with E-state index in [0.29, 0.717) is 13.1 Å². The second kappa shape index (κ2) is 6.86. The number of rotatable bonds is 6. The first-order valence-electron chi connectivity index (χ1n) is 7.26. The number of benzene rings is 1. The van der Waals surface area contributed by atoms with Gasteiger partial charge in [-0.1, -0.05) is 18.2 Å². The van der Waals surface area contributed by atoms with Gasteiger partial charge < -0.3 is 15.1 Å². The van der Waals surface area contributed by atoms with Crippen LogP contribution >= 0.6 is 0 Å². The molecule has 1 aliphatic carbocycles. The second-order valence-electron chi connectivity index (χ2n) is 5.66. The van der Waals surface area contributed by atoms with E-state index in [9.17, 15) is 9.90 Å². The van der Waals surface area contributed by atoms with Gasteiger partial charge in [0, 0.05) is 13.1 Å². The third-order valence-corrected chi connectivity index (χ3v) is 3.95. The molecule has 1 aromatic carbocycles. The number of nitrogens with zero attached hydrogens (tertiary/aromatic N) is 1. The van der Waals surface area contributed by atoms with Crippen LogP contribution in [0.2, 0.25) is 0 Å². The minimum Gasteiger partial charge on any atom is -0.481 e. The van der Waals surface area contributed by atoms with Crippen molar-refractivity contribution in [3.63, 3.8) is 0 Å². The largest absolute Gasteiger partial charge is 0.481 e. The molecule has 0 radical (unpaired) electrons. The average Bonchev–Trinajstić information content (AvgIpc) is 2.44. The number of carboxylic acids is 1. The first kappa shape index (κ1) is 15.0. The number of aliphatic hydroxyl groups is 1. The molecule has 0 aliphatic heterocycles. The summed E-state index contributed by atoms with van der Waals surface area (Å²) in [6, 6.07) is 6.24. The SMILES string of the molecule is CN(CCC(=O)O)CC(O)c1ccc2c(c1)CCCC2. The summed E-state index contributed by atoms with van der Waals surface area (Å²) in [6.07, 6.45) is 4.28. The molecule has 1 atom stereocenters. The predicted octanol–water partition coefficient (Wildman–Crippen LogP) is 2.01. The number of aryl methyl sites for hydroxylation is 2.